The van der Waals surface area contributed by atoms with E-state index in [0.29, 0.717) is 70.4 Å². The highest BCUT2D eigenvalue weighted by molar-refractivity contribution is 8.00. The van der Waals surface area contributed by atoms with Crippen molar-refractivity contribution >= 4 is 134 Å². The van der Waals surface area contributed by atoms with Crippen molar-refractivity contribution in [2.75, 3.05) is 65.4 Å². The van der Waals surface area contributed by atoms with Crippen LogP contribution < -0.4 is 75.7 Å². The van der Waals surface area contributed by atoms with Gasteiger partial charge in [0, 0.05) is 125 Å². The number of rotatable bonds is 26. The van der Waals surface area contributed by atoms with Gasteiger partial charge in [-0.15, -0.1) is 11.8 Å². The molecule has 16 atom stereocenters. The number of aliphatic hydroxyl groups excluding tert-OH is 3. The van der Waals surface area contributed by atoms with E-state index in [2.05, 4.69) is 78.4 Å². The largest absolute Gasteiger partial charge is 0.416 e. The minimum Gasteiger partial charge on any atom is -0.394 e. The van der Waals surface area contributed by atoms with E-state index in [9.17, 15) is 66.8 Å². The van der Waals surface area contributed by atoms with Gasteiger partial charge in [0.15, 0.2) is 5.96 Å². The Hall–Kier alpha value is -13.3. The molecule has 3 fully saturated rings. The number of para-hydroxylation sites is 2. The number of thioether (sulfide) groups is 1. The second-order valence-electron chi connectivity index (χ2n) is 35.6. The molecule has 3 aliphatic heterocycles. The average Bonchev–Trinajstić information content (AvgIpc) is 1.69. The summed E-state index contributed by atoms with van der Waals surface area (Å²) in [6.45, 7) is 5.84. The minimum atomic E-state index is -4.90. The van der Waals surface area contributed by atoms with Crippen molar-refractivity contribution in [3.8, 4) is 0 Å². The van der Waals surface area contributed by atoms with Crippen LogP contribution in [0.3, 0.4) is 0 Å². The standard InChI is InChI=1S/C92H129F3N24O19S/c1-9-11-27-70-83(131)107-61(26-18-30-101-91(98)99)79(127)114-69(78(126)104-43-75(97)123)46-139-47-76(124)106-65(34-51-20-17-21-54(33-51)92(93,94)95)86(134)115(6)50(5)77(125)110-67(39-74(96)122)88(136)118-31-19-29-71(118)84(132)109-63(37-55-42-100-48-105-55)81(129)111-64(32-49(3)4)89(137)119-44-56(121)38-73(119)85(133)108-62(35-52-40-102-59-24-15-13-22-57(52)59)80(128)113-68(45-120)82(130)112-66(36-53-41-103-60-25-16-14-23-58(53)60)87(135)117(8)72(28-12-10-2)90(138)116(70)7/h13-17,20-25,33,40-42,48-50,56,61-73,75,102-103,120-121,123H,9-12,18-19,26-32,34-39,43-47,97H2,1-8H3,(H2,96,122)(H,100,105)(H,104,126)(H,106,124)(H,107,131)(H,108,133)(H,109,132)(H,110,125)(H,111,129)(H,112,130)(H,113,128)(H,114,127)(H4,98,99,101)/t50-,56+,61-,62-,63-,64-,65-,66-,67-,68-,69-,70-,71-,72-,73?,75?/m0/s1. The van der Waals surface area contributed by atoms with Crippen molar-refractivity contribution in [2.45, 2.75) is 247 Å². The van der Waals surface area contributed by atoms with Crippen LogP contribution in [0.1, 0.15) is 146 Å². The van der Waals surface area contributed by atoms with Crippen molar-refractivity contribution in [1.82, 2.24) is 103 Å². The maximum Gasteiger partial charge on any atom is 0.416 e. The summed E-state index contributed by atoms with van der Waals surface area (Å²) in [5.41, 5.74) is 18.1. The summed E-state index contributed by atoms with van der Waals surface area (Å²) in [5, 5.41) is 70.6. The molecule has 43 nitrogen and oxygen atoms in total. The van der Waals surface area contributed by atoms with Gasteiger partial charge in [0.2, 0.25) is 94.5 Å². The molecule has 6 aromatic rings. The van der Waals surface area contributed by atoms with E-state index in [4.69, 9.17) is 22.6 Å². The summed E-state index contributed by atoms with van der Waals surface area (Å²) in [4.78, 5) is 257. The number of carbonyl (C=O) groups excluding carboxylic acids is 16. The predicted octanol–water partition coefficient (Wildman–Crippen LogP) is -1.82. The van der Waals surface area contributed by atoms with Gasteiger partial charge < -0.3 is 130 Å². The first kappa shape index (κ1) is 109. The van der Waals surface area contributed by atoms with Crippen LogP contribution in [0.5, 0.6) is 0 Å². The lowest BCUT2D eigenvalue weighted by Gasteiger charge is -2.36. The summed E-state index contributed by atoms with van der Waals surface area (Å²) < 4.78 is 42.9. The number of hydrogen-bond donors (Lipinski definition) is 21. The molecule has 0 saturated carbocycles. The number of fused-ring (bicyclic) bond motifs is 4. The SMILES string of the molecule is CCCC[C@H]1C(=O)N(C)[C@@H](CCCC)C(=O)N[C@@H](CCCNC(=N)N)C(=O)N[C@H](C(=O)NCC(N)O)CSCC(=O)N[C@@H](Cc2cccc(C(F)(F)F)c2)C(=O)N(C)[C@@H](C)C(=O)N[C@@H](CC(N)=O)C(=O)N2CCC[C@H]2C(=O)N[C@@H](Cc2cnc[nH]2)C(=O)N[C@@H](CC(C)C)C(=O)N2C[C@H](O)CC2C(=O)N[C@@H](Cc2c[nH]c3ccccc23)C(=O)N[C@@H](CO)C(=O)N[C@@H](Cc2c[nH]c3ccccc23)C(=O)N1C. The molecule has 3 aliphatic rings. The van der Waals surface area contributed by atoms with E-state index in [1.54, 1.807) is 74.8 Å². The third kappa shape index (κ3) is 30.6. The van der Waals surface area contributed by atoms with Crippen molar-refractivity contribution in [1.29, 1.82) is 5.41 Å². The van der Waals surface area contributed by atoms with Crippen LogP contribution in [0.2, 0.25) is 0 Å². The Morgan fingerprint density at radius 2 is 1.14 bits per heavy atom. The number of carbonyl (C=O) groups is 16. The molecule has 6 heterocycles. The van der Waals surface area contributed by atoms with E-state index in [-0.39, 0.29) is 88.6 Å². The van der Waals surface area contributed by atoms with E-state index in [1.807, 2.05) is 13.8 Å². The molecular formula is C92H129F3N24O19S. The first-order chi connectivity index (χ1) is 66.0. The third-order valence-corrected chi connectivity index (χ3v) is 25.7. The summed E-state index contributed by atoms with van der Waals surface area (Å²) >= 11 is 0.671. The monoisotopic (exact) mass is 1960 g/mol. The molecule has 0 spiro atoms. The molecule has 758 valence electrons. The zero-order chi connectivity index (χ0) is 102. The maximum atomic E-state index is 15.8. The number of alkyl halides is 3. The minimum absolute atomic E-state index is 0.00107. The number of amides is 16. The highest BCUT2D eigenvalue weighted by Crippen LogP contribution is 2.32. The number of aromatic amines is 3. The number of likely N-dealkylation sites (N-methyl/N-ethyl adjacent to an activating group) is 3. The fraction of sp³-hybridized carbons (Fsp3) is 0.543. The molecular weight excluding hydrogens is 1830 g/mol. The Kier molecular flexibility index (Phi) is 40.4. The Labute approximate surface area is 804 Å². The predicted molar refractivity (Wildman–Crippen MR) is 504 cm³/mol. The van der Waals surface area contributed by atoms with Gasteiger partial charge in [0.1, 0.15) is 90.8 Å². The molecule has 2 unspecified atom stereocenters. The van der Waals surface area contributed by atoms with Crippen molar-refractivity contribution < 1.29 is 105 Å². The van der Waals surface area contributed by atoms with Crippen LogP contribution in [-0.4, -0.2) is 323 Å². The number of imidazole rings is 1. The van der Waals surface area contributed by atoms with Crippen LogP contribution in [0.15, 0.2) is 97.7 Å². The van der Waals surface area contributed by atoms with Crippen LogP contribution in [0, 0.1) is 11.3 Å². The maximum absolute atomic E-state index is 15.8. The number of nitrogens with zero attached hydrogens (tertiary/aromatic N) is 6. The number of halogens is 3. The Bertz CT molecular complexity index is 5330. The van der Waals surface area contributed by atoms with Crippen molar-refractivity contribution in [3.05, 3.63) is 126 Å². The van der Waals surface area contributed by atoms with Gasteiger partial charge in [-0.2, -0.15) is 13.2 Å². The van der Waals surface area contributed by atoms with E-state index in [0.717, 1.165) is 49.7 Å². The summed E-state index contributed by atoms with van der Waals surface area (Å²) in [5.74, 6) is -18.1. The highest BCUT2D eigenvalue weighted by Gasteiger charge is 2.47. The molecule has 3 saturated heterocycles. The lowest BCUT2D eigenvalue weighted by molar-refractivity contribution is -0.149. The van der Waals surface area contributed by atoms with E-state index in [1.165, 1.54) is 39.6 Å². The normalized spacial score (nSPS) is 24.8. The number of aliphatic hydroxyl groups is 3. The van der Waals surface area contributed by atoms with Crippen LogP contribution in [0.25, 0.3) is 21.8 Å². The quantitative estimate of drug-likeness (QED) is 0.0123. The Morgan fingerprint density at radius 3 is 1.73 bits per heavy atom. The number of hydrogen-bond acceptors (Lipinski definition) is 23. The number of primary amides is 1. The van der Waals surface area contributed by atoms with Crippen LogP contribution >= 0.6 is 11.8 Å². The van der Waals surface area contributed by atoms with E-state index < -0.39 is 266 Å². The molecule has 0 aliphatic carbocycles. The van der Waals surface area contributed by atoms with Crippen molar-refractivity contribution in [3.63, 3.8) is 0 Å². The second kappa shape index (κ2) is 51.4. The molecule has 3 aromatic carbocycles. The second-order valence-corrected chi connectivity index (χ2v) is 36.7. The zero-order valence-electron chi connectivity index (χ0n) is 78.9. The van der Waals surface area contributed by atoms with Crippen LogP contribution in [0.4, 0.5) is 13.2 Å². The first-order valence-corrected chi connectivity index (χ1v) is 47.5. The molecule has 139 heavy (non-hydrogen) atoms. The topological polar surface area (TPSA) is 645 Å². The Morgan fingerprint density at radius 1 is 0.590 bits per heavy atom. The van der Waals surface area contributed by atoms with Gasteiger partial charge in [-0.25, -0.2) is 4.98 Å². The lowest BCUT2D eigenvalue weighted by atomic mass is 10.00. The molecule has 0 bridgehead atoms. The molecule has 9 rings (SSSR count). The number of H-pyrrole nitrogens is 3. The van der Waals surface area contributed by atoms with Gasteiger partial charge in [-0.05, 0) is 92.7 Å². The summed E-state index contributed by atoms with van der Waals surface area (Å²) in [6.07, 6.45) is -3.90. The number of nitrogens with one attached hydrogen (secondary N) is 15. The van der Waals surface area contributed by atoms with E-state index >= 15 is 38.4 Å². The average molecular weight is 1960 g/mol. The van der Waals surface area contributed by atoms with Gasteiger partial charge >= 0.3 is 6.18 Å². The fourth-order valence-corrected chi connectivity index (χ4v) is 17.9. The fourth-order valence-electron chi connectivity index (χ4n) is 17.1. The molecule has 0 radical (unpaired) electrons. The Balaban J connectivity index is 1.11. The number of aromatic nitrogens is 4. The van der Waals surface area contributed by atoms with Gasteiger partial charge in [0.25, 0.3) is 0 Å². The molecule has 47 heteroatoms. The first-order valence-electron chi connectivity index (χ1n) is 46.3. The van der Waals surface area contributed by atoms with Crippen molar-refractivity contribution in [2.24, 2.45) is 23.1 Å². The molecule has 16 amide bonds. The van der Waals surface area contributed by atoms with Gasteiger partial charge in [0.05, 0.1) is 43.3 Å². The van der Waals surface area contributed by atoms with Gasteiger partial charge in [-0.1, -0.05) is 108 Å². The third-order valence-electron chi connectivity index (χ3n) is 24.7. The summed E-state index contributed by atoms with van der Waals surface area (Å²) in [7, 11) is 3.74. The molecule has 3 aromatic heterocycles. The lowest BCUT2D eigenvalue weighted by Crippen LogP contribution is -2.62. The number of nitrogens with two attached hydrogens (primary N) is 3. The van der Waals surface area contributed by atoms with Gasteiger partial charge in [-0.3, -0.25) is 82.1 Å². The summed E-state index contributed by atoms with van der Waals surface area (Å²) in [6, 6.07) is -5.06. The smallest absolute Gasteiger partial charge is 0.394 e. The highest BCUT2D eigenvalue weighted by atomic mass is 32.2. The number of guanidine groups is 1. The molecule has 24 N–H and O–H groups in total. The zero-order valence-corrected chi connectivity index (χ0v) is 79.7. The number of benzene rings is 3. The number of unbranched alkanes of at least 4 members (excludes halogenated alkanes) is 2. The van der Waals surface area contributed by atoms with Crippen LogP contribution in [-0.2, 0) is 109 Å².